The van der Waals surface area contributed by atoms with Crippen LogP contribution in [0.5, 0.6) is 0 Å². The minimum absolute atomic E-state index is 0.0401. The van der Waals surface area contributed by atoms with Crippen LogP contribution >= 0.6 is 11.3 Å². The fourth-order valence-corrected chi connectivity index (χ4v) is 5.54. The highest BCUT2D eigenvalue weighted by atomic mass is 32.1. The van der Waals surface area contributed by atoms with E-state index in [1.54, 1.807) is 17.3 Å². The van der Waals surface area contributed by atoms with E-state index in [1.165, 1.54) is 25.4 Å². The van der Waals surface area contributed by atoms with Gasteiger partial charge < -0.3 is 30.7 Å². The molecule has 0 saturated carbocycles. The Labute approximate surface area is 312 Å². The van der Waals surface area contributed by atoms with Crippen LogP contribution in [0.3, 0.4) is 0 Å². The van der Waals surface area contributed by atoms with Crippen molar-refractivity contribution in [3.8, 4) is 12.8 Å². The molecule has 0 aliphatic heterocycles. The molecule has 1 aromatic rings. The summed E-state index contributed by atoms with van der Waals surface area (Å²) in [5.74, 6) is -0.876. The van der Waals surface area contributed by atoms with Gasteiger partial charge in [-0.05, 0) is 57.0 Å². The zero-order chi connectivity index (χ0) is 40.3. The van der Waals surface area contributed by atoms with Crippen molar-refractivity contribution in [3.05, 3.63) is 16.1 Å². The highest BCUT2D eigenvalue weighted by Gasteiger charge is 2.32. The van der Waals surface area contributed by atoms with Crippen molar-refractivity contribution in [2.45, 2.75) is 139 Å². The van der Waals surface area contributed by atoms with Crippen LogP contribution in [0, 0.1) is 30.1 Å². The summed E-state index contributed by atoms with van der Waals surface area (Å²) in [5.41, 5.74) is 4.84. The predicted molar refractivity (Wildman–Crippen MR) is 207 cm³/mol. The van der Waals surface area contributed by atoms with Crippen molar-refractivity contribution < 1.29 is 33.4 Å². The lowest BCUT2D eigenvalue weighted by Gasteiger charge is -2.34. The van der Waals surface area contributed by atoms with Crippen LogP contribution in [0.2, 0.25) is 0 Å². The molecule has 4 N–H and O–H groups in total. The number of thiazole rings is 1. The Kier molecular flexibility index (Phi) is 29.6. The minimum Gasteiger partial charge on any atom is -0.469 e. The lowest BCUT2D eigenvalue weighted by atomic mass is 9.81. The fourth-order valence-electron chi connectivity index (χ4n) is 4.70. The van der Waals surface area contributed by atoms with Crippen LogP contribution in [-0.4, -0.2) is 79.4 Å². The number of primary amides is 1. The van der Waals surface area contributed by atoms with Crippen LogP contribution in [0.4, 0.5) is 0 Å². The number of methoxy groups -OCH3 is 1. The molecule has 3 atom stereocenters. The predicted octanol–water partition coefficient (Wildman–Crippen LogP) is 6.29. The van der Waals surface area contributed by atoms with Crippen molar-refractivity contribution in [3.63, 3.8) is 0 Å². The summed E-state index contributed by atoms with van der Waals surface area (Å²) in [7, 11) is 5.06. The summed E-state index contributed by atoms with van der Waals surface area (Å²) in [6.45, 7) is 20.3. The maximum Gasteiger partial charge on any atom is 0.305 e. The molecule has 3 amide bonds. The van der Waals surface area contributed by atoms with E-state index in [9.17, 15) is 24.0 Å². The molecule has 1 aromatic heterocycles. The smallest absolute Gasteiger partial charge is 0.305 e. The average molecular weight is 740 g/mol. The van der Waals surface area contributed by atoms with Crippen LogP contribution in [0.25, 0.3) is 0 Å². The monoisotopic (exact) mass is 739 g/mol. The number of carbonyl (C=O) groups is 5. The Bertz CT molecular complexity index is 1170. The first kappa shape index (κ1) is 51.9. The number of nitrogens with zero attached hydrogens (tertiary/aromatic N) is 2. The number of carbonyl (C=O) groups excluding carboxylic acids is 5. The molecule has 12 nitrogen and oxygen atoms in total. The lowest BCUT2D eigenvalue weighted by Crippen LogP contribution is -2.43. The van der Waals surface area contributed by atoms with E-state index in [-0.39, 0.29) is 65.1 Å². The molecular weight excluding hydrogens is 671 g/mol. The number of rotatable bonds is 20. The second-order valence-corrected chi connectivity index (χ2v) is 14.3. The second kappa shape index (κ2) is 29.1. The van der Waals surface area contributed by atoms with E-state index in [4.69, 9.17) is 15.2 Å². The zero-order valence-corrected chi connectivity index (χ0v) is 34.5. The number of nitrogens with two attached hydrogens (primary N) is 1. The van der Waals surface area contributed by atoms with Gasteiger partial charge in [-0.2, -0.15) is 0 Å². The van der Waals surface area contributed by atoms with Gasteiger partial charge in [0.2, 0.25) is 11.8 Å². The van der Waals surface area contributed by atoms with Gasteiger partial charge >= 0.3 is 11.9 Å². The van der Waals surface area contributed by atoms with Gasteiger partial charge in [-0.3, -0.25) is 24.0 Å². The molecule has 13 heteroatoms. The van der Waals surface area contributed by atoms with E-state index in [2.05, 4.69) is 28.5 Å². The van der Waals surface area contributed by atoms with Crippen molar-refractivity contribution >= 4 is 41.0 Å². The number of hydrogen-bond donors (Lipinski definition) is 3. The highest BCUT2D eigenvalue weighted by molar-refractivity contribution is 7.09. The molecule has 0 aromatic carbocycles. The van der Waals surface area contributed by atoms with Gasteiger partial charge in [-0.25, -0.2) is 4.98 Å². The Morgan fingerprint density at radius 1 is 1.02 bits per heavy atom. The quantitative estimate of drug-likeness (QED) is 0.0790. The summed E-state index contributed by atoms with van der Waals surface area (Å²) in [6, 6.07) is -0.405. The first-order valence-corrected chi connectivity index (χ1v) is 18.8. The number of terminal acetylenes is 1. The van der Waals surface area contributed by atoms with Gasteiger partial charge in [0.1, 0.15) is 10.7 Å². The van der Waals surface area contributed by atoms with Crippen molar-refractivity contribution in [1.82, 2.24) is 20.5 Å². The number of aromatic nitrogens is 1. The number of unbranched alkanes of at least 4 members (excludes halogenated alkanes) is 2. The first-order chi connectivity index (χ1) is 23.9. The van der Waals surface area contributed by atoms with E-state index in [0.29, 0.717) is 30.7 Å². The van der Waals surface area contributed by atoms with Gasteiger partial charge in [-0.15, -0.1) is 24.2 Å². The van der Waals surface area contributed by atoms with Crippen molar-refractivity contribution in [2.24, 2.45) is 23.0 Å². The topological polar surface area (TPSA) is 170 Å². The van der Waals surface area contributed by atoms with Gasteiger partial charge in [0.25, 0.3) is 5.91 Å². The zero-order valence-electron chi connectivity index (χ0n) is 33.7. The SMILES string of the molecule is C#C.CC.CNCCCCCC(N)=O.COC(=O)CCC(C)(C)C(C)NC(=O)c1csc(C(CC(C(C)C)N(C)C(=O)CC(C)C)OC(C)=O)n1. The molecule has 0 radical (unpaired) electrons. The van der Waals surface area contributed by atoms with Crippen LogP contribution in [-0.2, 0) is 28.7 Å². The van der Waals surface area contributed by atoms with E-state index >= 15 is 0 Å². The molecule has 3 unspecified atom stereocenters. The summed E-state index contributed by atoms with van der Waals surface area (Å²) in [4.78, 5) is 65.6. The maximum absolute atomic E-state index is 13.0. The van der Waals surface area contributed by atoms with Gasteiger partial charge in [0.05, 0.1) is 7.11 Å². The van der Waals surface area contributed by atoms with E-state index in [1.807, 2.05) is 69.4 Å². The third-order valence-electron chi connectivity index (χ3n) is 8.11. The van der Waals surface area contributed by atoms with Crippen molar-refractivity contribution in [1.29, 1.82) is 0 Å². The summed E-state index contributed by atoms with van der Waals surface area (Å²) in [6.07, 6.45) is 12.6. The molecule has 0 spiro atoms. The molecule has 0 bridgehead atoms. The summed E-state index contributed by atoms with van der Waals surface area (Å²) < 4.78 is 10.3. The molecular formula is C38H69N5O7S. The van der Waals surface area contributed by atoms with Gasteiger partial charge in [0.15, 0.2) is 6.10 Å². The molecule has 1 heterocycles. The van der Waals surface area contributed by atoms with E-state index < -0.39 is 12.1 Å². The largest absolute Gasteiger partial charge is 0.469 e. The lowest BCUT2D eigenvalue weighted by molar-refractivity contribution is -0.148. The molecule has 0 aliphatic carbocycles. The van der Waals surface area contributed by atoms with Crippen LogP contribution in [0.15, 0.2) is 5.38 Å². The van der Waals surface area contributed by atoms with Gasteiger partial charge in [0, 0.05) is 57.1 Å². The first-order valence-electron chi connectivity index (χ1n) is 17.9. The Morgan fingerprint density at radius 3 is 2.08 bits per heavy atom. The maximum atomic E-state index is 13.0. The third kappa shape index (κ3) is 23.6. The standard InChI is InChI=1S/C27H45N3O6S.C7H16N2O.C2H6.C2H2/c1-16(2)13-23(32)30(9)21(17(3)4)14-22(36-19(6)31)26-29-20(15-37-26)25(34)28-18(5)27(7,8)12-11-24(33)35-10;1-9-6-4-2-3-5-7(8)10;2*1-2/h15-18,21-22H,11-14H2,1-10H3,(H,28,34);9H,2-6H2,1H3,(H2,8,10);1-2H3;1-2H. The van der Waals surface area contributed by atoms with Gasteiger partial charge in [-0.1, -0.05) is 61.8 Å². The summed E-state index contributed by atoms with van der Waals surface area (Å²) in [5, 5.41) is 8.17. The molecule has 51 heavy (non-hydrogen) atoms. The van der Waals surface area contributed by atoms with Crippen LogP contribution < -0.4 is 16.4 Å². The van der Waals surface area contributed by atoms with E-state index in [0.717, 1.165) is 25.8 Å². The fraction of sp³-hybridized carbons (Fsp3) is 0.737. The molecule has 0 fully saturated rings. The average Bonchev–Trinajstić information content (AvgIpc) is 3.57. The third-order valence-corrected chi connectivity index (χ3v) is 9.04. The molecule has 0 saturated heterocycles. The van der Waals surface area contributed by atoms with Crippen molar-refractivity contribution in [2.75, 3.05) is 27.7 Å². The highest BCUT2D eigenvalue weighted by Crippen LogP contribution is 2.31. The number of esters is 2. The number of ether oxygens (including phenoxy) is 2. The molecule has 1 rings (SSSR count). The molecule has 0 aliphatic rings. The Morgan fingerprint density at radius 2 is 1.61 bits per heavy atom. The normalized spacial score (nSPS) is 12.3. The Balaban J connectivity index is -0.00000139. The second-order valence-electron chi connectivity index (χ2n) is 13.5. The molecule has 294 valence electrons. The number of hydrogen-bond acceptors (Lipinski definition) is 10. The number of amides is 3. The number of nitrogens with one attached hydrogen (secondary N) is 2. The van der Waals surface area contributed by atoms with Crippen LogP contribution in [0.1, 0.15) is 142 Å². The summed E-state index contributed by atoms with van der Waals surface area (Å²) >= 11 is 1.25. The minimum atomic E-state index is -0.681. The Hall–Kier alpha value is -3.50.